The van der Waals surface area contributed by atoms with Crippen molar-refractivity contribution in [1.82, 2.24) is 0 Å². The number of carboxylic acids is 1. The topological polar surface area (TPSA) is 94.8 Å². The second kappa shape index (κ2) is 5.65. The van der Waals surface area contributed by atoms with Gasteiger partial charge in [0.25, 0.3) is 0 Å². The molecule has 25 heavy (non-hydrogen) atoms. The largest absolute Gasteiger partial charge is 0.481 e. The summed E-state index contributed by atoms with van der Waals surface area (Å²) in [6.07, 6.45) is 3.41. The fourth-order valence-electron chi connectivity index (χ4n) is 5.78. The lowest BCUT2D eigenvalue weighted by atomic mass is 9.45. The number of hydrogen-bond acceptors (Lipinski definition) is 4. The second-order valence-electron chi connectivity index (χ2n) is 9.21. The molecule has 5 nitrogen and oxygen atoms in total. The van der Waals surface area contributed by atoms with Crippen LogP contribution in [0, 0.1) is 28.6 Å². The summed E-state index contributed by atoms with van der Waals surface area (Å²) in [5, 5.41) is 31.3. The van der Waals surface area contributed by atoms with Gasteiger partial charge in [0, 0.05) is 6.42 Å². The van der Waals surface area contributed by atoms with Crippen LogP contribution in [0.1, 0.15) is 59.8 Å². The summed E-state index contributed by atoms with van der Waals surface area (Å²) in [4.78, 5) is 24.9. The van der Waals surface area contributed by atoms with Crippen LogP contribution in [0.3, 0.4) is 0 Å². The molecule has 6 unspecified atom stereocenters. The van der Waals surface area contributed by atoms with Gasteiger partial charge in [0.2, 0.25) is 0 Å². The predicted molar refractivity (Wildman–Crippen MR) is 92.8 cm³/mol. The molecule has 0 saturated heterocycles. The lowest BCUT2D eigenvalue weighted by Crippen LogP contribution is -2.59. The van der Waals surface area contributed by atoms with Crippen molar-refractivity contribution < 1.29 is 24.9 Å². The van der Waals surface area contributed by atoms with Crippen molar-refractivity contribution in [3.8, 4) is 0 Å². The molecule has 3 aliphatic rings. The van der Waals surface area contributed by atoms with Gasteiger partial charge in [-0.1, -0.05) is 27.2 Å². The van der Waals surface area contributed by atoms with Gasteiger partial charge in [-0.3, -0.25) is 9.59 Å². The van der Waals surface area contributed by atoms with E-state index in [1.807, 2.05) is 13.8 Å². The Hall–Kier alpha value is -1.20. The molecule has 6 atom stereocenters. The van der Waals surface area contributed by atoms with Gasteiger partial charge < -0.3 is 15.3 Å². The monoisotopic (exact) mass is 350 g/mol. The van der Waals surface area contributed by atoms with Crippen molar-refractivity contribution in [3.63, 3.8) is 0 Å². The number of allylic oxidation sites excluding steroid dienone is 1. The molecule has 3 aliphatic carbocycles. The Morgan fingerprint density at radius 2 is 1.92 bits per heavy atom. The molecule has 2 fully saturated rings. The van der Waals surface area contributed by atoms with E-state index in [9.17, 15) is 24.9 Å². The molecule has 5 heteroatoms. The quantitative estimate of drug-likeness (QED) is 0.711. The zero-order valence-corrected chi connectivity index (χ0v) is 15.6. The van der Waals surface area contributed by atoms with Gasteiger partial charge in [-0.2, -0.15) is 0 Å². The van der Waals surface area contributed by atoms with Gasteiger partial charge in [0.15, 0.2) is 5.78 Å². The first-order valence-corrected chi connectivity index (χ1v) is 9.36. The van der Waals surface area contributed by atoms with E-state index in [-0.39, 0.29) is 35.4 Å². The van der Waals surface area contributed by atoms with Gasteiger partial charge in [-0.15, -0.1) is 0 Å². The molecule has 0 aliphatic heterocycles. The van der Waals surface area contributed by atoms with Crippen molar-refractivity contribution >= 4 is 11.8 Å². The molecule has 0 radical (unpaired) electrons. The van der Waals surface area contributed by atoms with Gasteiger partial charge in [-0.25, -0.2) is 0 Å². The number of aliphatic hydroxyl groups excluding tert-OH is 1. The average molecular weight is 350 g/mol. The van der Waals surface area contributed by atoms with E-state index in [1.165, 1.54) is 0 Å². The maximum atomic E-state index is 12.9. The highest BCUT2D eigenvalue weighted by Crippen LogP contribution is 2.62. The van der Waals surface area contributed by atoms with Gasteiger partial charge in [0.05, 0.1) is 11.5 Å². The van der Waals surface area contributed by atoms with Crippen LogP contribution in [0.4, 0.5) is 0 Å². The minimum Gasteiger partial charge on any atom is -0.481 e. The first-order chi connectivity index (χ1) is 11.5. The number of carbonyl (C=O) groups excluding carboxylic acids is 1. The lowest BCUT2D eigenvalue weighted by Gasteiger charge is -2.59. The molecule has 0 aromatic carbocycles. The smallest absolute Gasteiger partial charge is 0.309 e. The van der Waals surface area contributed by atoms with Crippen molar-refractivity contribution in [2.24, 2.45) is 28.6 Å². The number of fused-ring (bicyclic) bond motifs is 3. The molecule has 0 aromatic heterocycles. The molecular weight excluding hydrogens is 320 g/mol. The summed E-state index contributed by atoms with van der Waals surface area (Å²) in [5.41, 5.74) is -2.04. The number of aliphatic hydroxyl groups is 2. The molecular formula is C20H30O5. The fraction of sp³-hybridized carbons (Fsp3) is 0.800. The first-order valence-electron chi connectivity index (χ1n) is 9.36. The van der Waals surface area contributed by atoms with E-state index in [0.717, 1.165) is 12.8 Å². The summed E-state index contributed by atoms with van der Waals surface area (Å²) in [7, 11) is 0. The summed E-state index contributed by atoms with van der Waals surface area (Å²) < 4.78 is 0. The lowest BCUT2D eigenvalue weighted by molar-refractivity contribution is -0.169. The van der Waals surface area contributed by atoms with Crippen molar-refractivity contribution in [3.05, 3.63) is 11.6 Å². The Labute approximate surface area is 149 Å². The van der Waals surface area contributed by atoms with E-state index in [0.29, 0.717) is 18.4 Å². The highest BCUT2D eigenvalue weighted by atomic mass is 16.4. The van der Waals surface area contributed by atoms with Crippen LogP contribution in [-0.4, -0.2) is 38.8 Å². The van der Waals surface area contributed by atoms with E-state index in [1.54, 1.807) is 13.0 Å². The zero-order chi connectivity index (χ0) is 18.8. The zero-order valence-electron chi connectivity index (χ0n) is 15.6. The number of hydrogen-bond donors (Lipinski definition) is 3. The van der Waals surface area contributed by atoms with Crippen molar-refractivity contribution in [2.75, 3.05) is 0 Å². The number of ketones is 1. The fourth-order valence-corrected chi connectivity index (χ4v) is 5.78. The molecule has 0 aromatic rings. The minimum atomic E-state index is -1.39. The third-order valence-corrected chi connectivity index (χ3v) is 7.65. The molecule has 0 bridgehead atoms. The standard InChI is InChI=1S/C20H30O5/c1-11(2)20(25)10-12-13(8-16(20)22)18(3)6-5-7-19(4,17(23)24)15(18)9-14(12)21/h10-11,13,15-16,22,25H,5-9H2,1-4H3,(H,23,24). The van der Waals surface area contributed by atoms with Gasteiger partial charge in [0.1, 0.15) is 5.60 Å². The molecule has 2 saturated carbocycles. The normalized spacial score (nSPS) is 47.1. The molecule has 0 amide bonds. The molecule has 3 N–H and O–H groups in total. The second-order valence-corrected chi connectivity index (χ2v) is 9.21. The Morgan fingerprint density at radius 1 is 1.28 bits per heavy atom. The van der Waals surface area contributed by atoms with E-state index < -0.39 is 23.1 Å². The maximum absolute atomic E-state index is 12.9. The van der Waals surface area contributed by atoms with Crippen LogP contribution >= 0.6 is 0 Å². The molecule has 0 spiro atoms. The highest BCUT2D eigenvalue weighted by molar-refractivity contribution is 5.98. The molecule has 140 valence electrons. The summed E-state index contributed by atoms with van der Waals surface area (Å²) in [6.45, 7) is 7.51. The highest BCUT2D eigenvalue weighted by Gasteiger charge is 2.62. The van der Waals surface area contributed by atoms with Crippen LogP contribution in [0.15, 0.2) is 11.6 Å². The van der Waals surface area contributed by atoms with Crippen LogP contribution in [0.2, 0.25) is 0 Å². The Bertz CT molecular complexity index is 638. The van der Waals surface area contributed by atoms with Crippen LogP contribution in [-0.2, 0) is 9.59 Å². The maximum Gasteiger partial charge on any atom is 0.309 e. The average Bonchev–Trinajstić information content (AvgIpc) is 2.51. The molecule has 3 rings (SSSR count). The van der Waals surface area contributed by atoms with Crippen molar-refractivity contribution in [2.45, 2.75) is 71.5 Å². The minimum absolute atomic E-state index is 0.0622. The predicted octanol–water partition coefficient (Wildman–Crippen LogP) is 2.55. The third-order valence-electron chi connectivity index (χ3n) is 7.65. The SMILES string of the molecule is CC(C)C1(O)C=C2C(=O)CC3C(C)(C(=O)O)CCCC3(C)C2CC1O. The Balaban J connectivity index is 2.09. The van der Waals surface area contributed by atoms with E-state index in [2.05, 4.69) is 6.92 Å². The summed E-state index contributed by atoms with van der Waals surface area (Å²) >= 11 is 0. The number of aliphatic carboxylic acids is 1. The van der Waals surface area contributed by atoms with Crippen LogP contribution < -0.4 is 0 Å². The van der Waals surface area contributed by atoms with E-state index in [4.69, 9.17) is 0 Å². The Morgan fingerprint density at radius 3 is 2.48 bits per heavy atom. The van der Waals surface area contributed by atoms with Gasteiger partial charge >= 0.3 is 5.97 Å². The summed E-state index contributed by atoms with van der Waals surface area (Å²) in [5.74, 6) is -1.53. The molecule has 0 heterocycles. The summed E-state index contributed by atoms with van der Waals surface area (Å²) in [6, 6.07) is 0. The van der Waals surface area contributed by atoms with E-state index >= 15 is 0 Å². The van der Waals surface area contributed by atoms with Crippen molar-refractivity contribution in [1.29, 1.82) is 0 Å². The van der Waals surface area contributed by atoms with Crippen LogP contribution in [0.5, 0.6) is 0 Å². The third kappa shape index (κ3) is 2.42. The number of carbonyl (C=O) groups is 2. The number of carboxylic acid groups (broad SMARTS) is 1. The van der Waals surface area contributed by atoms with Gasteiger partial charge in [-0.05, 0) is 61.0 Å². The first kappa shape index (κ1) is 18.6. The Kier molecular flexibility index (Phi) is 4.20. The van der Waals surface area contributed by atoms with Crippen LogP contribution in [0.25, 0.3) is 0 Å². The number of rotatable bonds is 2. The number of Topliss-reactive ketones (excluding diaryl/α,β-unsaturated/α-hetero) is 1.